The molecule has 2 N–H and O–H groups in total. The summed E-state index contributed by atoms with van der Waals surface area (Å²) in [6, 6.07) is 3.72. The molecule has 0 radical (unpaired) electrons. The van der Waals surface area contributed by atoms with E-state index in [4.69, 9.17) is 24.5 Å². The molecule has 9 nitrogen and oxygen atoms in total. The Morgan fingerprint density at radius 2 is 1.59 bits per heavy atom. The molecule has 4 heterocycles. The number of carbonyl (C=O) groups is 3. The van der Waals surface area contributed by atoms with Crippen LogP contribution in [-0.4, -0.2) is 101 Å². The van der Waals surface area contributed by atoms with Crippen LogP contribution >= 0.6 is 0 Å². The normalized spacial score (nSPS) is 21.3. The molecule has 0 aromatic carbocycles. The number of alkyl halides is 6. The van der Waals surface area contributed by atoms with Crippen LogP contribution < -0.4 is 0 Å². The van der Waals surface area contributed by atoms with Gasteiger partial charge in [-0.25, -0.2) is 9.59 Å². The minimum absolute atomic E-state index is 0.151. The van der Waals surface area contributed by atoms with Crippen LogP contribution in [0.25, 0.3) is 0 Å². The fourth-order valence-electron chi connectivity index (χ4n) is 4.76. The molecule has 3 saturated heterocycles. The SMILES string of the molecule is O=C(O)C(F)(F)F.O=C(O)C(F)(F)F.O=C(c1cccnc1)N1CCCC2(CCN(CC3CCOC3)CC2)C1. The molecule has 0 aliphatic carbocycles. The van der Waals surface area contributed by atoms with Crippen molar-refractivity contribution < 1.29 is 55.7 Å². The molecule has 1 aromatic rings. The molecule has 1 aromatic heterocycles. The minimum atomic E-state index is -5.08. The number of carbonyl (C=O) groups excluding carboxylic acids is 1. The lowest BCUT2D eigenvalue weighted by Gasteiger charge is -2.48. The summed E-state index contributed by atoms with van der Waals surface area (Å²) in [4.78, 5) is 39.4. The number of amides is 1. The quantitative estimate of drug-likeness (QED) is 0.527. The third kappa shape index (κ3) is 10.6. The average Bonchev–Trinajstić information content (AvgIpc) is 3.38. The fourth-order valence-corrected chi connectivity index (χ4v) is 4.76. The number of carboxylic acids is 2. The number of aromatic nitrogens is 1. The van der Waals surface area contributed by atoms with Crippen molar-refractivity contribution in [2.45, 2.75) is 44.5 Å². The van der Waals surface area contributed by atoms with Gasteiger partial charge >= 0.3 is 24.3 Å². The zero-order chi connectivity index (χ0) is 29.3. The Labute approximate surface area is 220 Å². The summed E-state index contributed by atoms with van der Waals surface area (Å²) in [5.74, 6) is -4.64. The third-order valence-electron chi connectivity index (χ3n) is 6.80. The Morgan fingerprint density at radius 3 is 2.05 bits per heavy atom. The molecule has 1 spiro atoms. The maximum Gasteiger partial charge on any atom is 0.490 e. The first kappa shape index (κ1) is 32.3. The average molecular weight is 572 g/mol. The van der Waals surface area contributed by atoms with Crippen LogP contribution in [0.5, 0.6) is 0 Å². The van der Waals surface area contributed by atoms with E-state index in [1.54, 1.807) is 12.4 Å². The molecule has 3 fully saturated rings. The van der Waals surface area contributed by atoms with Crippen molar-refractivity contribution in [1.82, 2.24) is 14.8 Å². The van der Waals surface area contributed by atoms with Gasteiger partial charge in [0.25, 0.3) is 5.91 Å². The van der Waals surface area contributed by atoms with E-state index in [1.807, 2.05) is 12.1 Å². The highest BCUT2D eigenvalue weighted by Crippen LogP contribution is 2.40. The molecule has 15 heteroatoms. The van der Waals surface area contributed by atoms with Gasteiger partial charge in [-0.05, 0) is 68.7 Å². The highest BCUT2D eigenvalue weighted by molar-refractivity contribution is 5.94. The van der Waals surface area contributed by atoms with Crippen molar-refractivity contribution >= 4 is 17.8 Å². The first-order valence-corrected chi connectivity index (χ1v) is 12.2. The number of ether oxygens (including phenoxy) is 1. The van der Waals surface area contributed by atoms with Gasteiger partial charge in [-0.1, -0.05) is 0 Å². The minimum Gasteiger partial charge on any atom is -0.475 e. The number of likely N-dealkylation sites (tertiary alicyclic amines) is 2. The summed E-state index contributed by atoms with van der Waals surface area (Å²) >= 11 is 0. The first-order chi connectivity index (χ1) is 18.1. The van der Waals surface area contributed by atoms with Gasteiger partial charge in [-0.2, -0.15) is 26.3 Å². The summed E-state index contributed by atoms with van der Waals surface area (Å²) in [6.07, 6.45) is -0.702. The number of halogens is 6. The van der Waals surface area contributed by atoms with Gasteiger partial charge in [0.15, 0.2) is 0 Å². The van der Waals surface area contributed by atoms with E-state index in [0.29, 0.717) is 5.41 Å². The van der Waals surface area contributed by atoms with Crippen LogP contribution in [0.3, 0.4) is 0 Å². The second kappa shape index (κ2) is 13.9. The van der Waals surface area contributed by atoms with E-state index in [0.717, 1.165) is 44.2 Å². The topological polar surface area (TPSA) is 120 Å². The number of rotatable bonds is 3. The Hall–Kier alpha value is -2.94. The molecule has 0 bridgehead atoms. The van der Waals surface area contributed by atoms with Crippen molar-refractivity contribution in [2.75, 3.05) is 45.9 Å². The maximum atomic E-state index is 12.8. The number of hydrogen-bond acceptors (Lipinski definition) is 6. The van der Waals surface area contributed by atoms with Crippen LogP contribution in [0, 0.1) is 11.3 Å². The second-order valence-corrected chi connectivity index (χ2v) is 9.71. The summed E-state index contributed by atoms with van der Waals surface area (Å²) in [7, 11) is 0. The summed E-state index contributed by atoms with van der Waals surface area (Å²) < 4.78 is 69.0. The Morgan fingerprint density at radius 1 is 1.00 bits per heavy atom. The van der Waals surface area contributed by atoms with Crippen molar-refractivity contribution in [3.05, 3.63) is 30.1 Å². The van der Waals surface area contributed by atoms with Gasteiger partial charge in [0.2, 0.25) is 0 Å². The van der Waals surface area contributed by atoms with Gasteiger partial charge in [-0.3, -0.25) is 9.78 Å². The summed E-state index contributed by atoms with van der Waals surface area (Å²) in [6.45, 7) is 7.22. The van der Waals surface area contributed by atoms with Crippen molar-refractivity contribution in [2.24, 2.45) is 11.3 Å². The molecule has 39 heavy (non-hydrogen) atoms. The Balaban J connectivity index is 0.000000317. The Kier molecular flexibility index (Phi) is 11.5. The molecule has 4 rings (SSSR count). The van der Waals surface area contributed by atoms with Gasteiger partial charge in [-0.15, -0.1) is 0 Å². The van der Waals surface area contributed by atoms with Gasteiger partial charge in [0, 0.05) is 38.6 Å². The van der Waals surface area contributed by atoms with Crippen molar-refractivity contribution in [3.8, 4) is 0 Å². The van der Waals surface area contributed by atoms with Crippen molar-refractivity contribution in [3.63, 3.8) is 0 Å². The van der Waals surface area contributed by atoms with Crippen LogP contribution in [0.15, 0.2) is 24.5 Å². The van der Waals surface area contributed by atoms with E-state index in [9.17, 15) is 31.1 Å². The third-order valence-corrected chi connectivity index (χ3v) is 6.80. The molecule has 3 aliphatic rings. The lowest BCUT2D eigenvalue weighted by molar-refractivity contribution is -0.193. The molecule has 220 valence electrons. The number of aliphatic carboxylic acids is 2. The number of hydrogen-bond donors (Lipinski definition) is 2. The lowest BCUT2D eigenvalue weighted by Crippen LogP contribution is -2.51. The number of nitrogens with zero attached hydrogens (tertiary/aromatic N) is 3. The zero-order valence-electron chi connectivity index (χ0n) is 21.0. The van der Waals surface area contributed by atoms with Crippen LogP contribution in [-0.2, 0) is 14.3 Å². The number of piperidine rings is 2. The molecule has 0 saturated carbocycles. The lowest BCUT2D eigenvalue weighted by atomic mass is 9.72. The van der Waals surface area contributed by atoms with Gasteiger partial charge < -0.3 is 24.7 Å². The maximum absolute atomic E-state index is 12.8. The number of pyridine rings is 1. The van der Waals surface area contributed by atoms with Gasteiger partial charge in [0.05, 0.1) is 12.2 Å². The summed E-state index contributed by atoms with van der Waals surface area (Å²) in [5.41, 5.74) is 1.05. The van der Waals surface area contributed by atoms with E-state index in [-0.39, 0.29) is 5.91 Å². The highest BCUT2D eigenvalue weighted by Gasteiger charge is 2.41. The smallest absolute Gasteiger partial charge is 0.475 e. The Bertz CT molecular complexity index is 922. The molecular weight excluding hydrogens is 540 g/mol. The van der Waals surface area contributed by atoms with E-state index in [1.165, 1.54) is 45.3 Å². The zero-order valence-corrected chi connectivity index (χ0v) is 21.0. The van der Waals surface area contributed by atoms with E-state index < -0.39 is 24.3 Å². The second-order valence-electron chi connectivity index (χ2n) is 9.71. The predicted molar refractivity (Wildman–Crippen MR) is 124 cm³/mol. The fraction of sp³-hybridized carbons (Fsp3) is 0.667. The molecule has 1 atom stereocenters. The largest absolute Gasteiger partial charge is 0.490 e. The monoisotopic (exact) mass is 571 g/mol. The summed E-state index contributed by atoms with van der Waals surface area (Å²) in [5, 5.41) is 14.2. The number of carboxylic acid groups (broad SMARTS) is 2. The predicted octanol–water partition coefficient (Wildman–Crippen LogP) is 3.70. The van der Waals surface area contributed by atoms with Gasteiger partial charge in [0.1, 0.15) is 0 Å². The first-order valence-electron chi connectivity index (χ1n) is 12.2. The van der Waals surface area contributed by atoms with Crippen molar-refractivity contribution in [1.29, 1.82) is 0 Å². The van der Waals surface area contributed by atoms with Crippen LogP contribution in [0.1, 0.15) is 42.5 Å². The highest BCUT2D eigenvalue weighted by atomic mass is 19.4. The molecule has 3 aliphatic heterocycles. The van der Waals surface area contributed by atoms with Crippen LogP contribution in [0.2, 0.25) is 0 Å². The molecular formula is C24H31F6N3O6. The standard InChI is InChI=1S/C20H29N3O2.2C2HF3O2/c24-19(18-3-1-8-21-13-18)23-9-2-5-20(16-23)6-10-22(11-7-20)14-17-4-12-25-15-17;2*3-2(4,5)1(6)7/h1,3,8,13,17H,2,4-7,9-12,14-16H2;2*(H,6,7). The van der Waals surface area contributed by atoms with Crippen LogP contribution in [0.4, 0.5) is 26.3 Å². The molecule has 1 unspecified atom stereocenters. The molecule has 1 amide bonds. The van der Waals surface area contributed by atoms with E-state index >= 15 is 0 Å². The van der Waals surface area contributed by atoms with E-state index in [2.05, 4.69) is 14.8 Å².